The number of fused-ring (bicyclic) bond motifs is 2. The number of aromatic nitrogens is 3. The Morgan fingerprint density at radius 2 is 1.92 bits per heavy atom. The third-order valence-electron chi connectivity index (χ3n) is 6.17. The molecular formula is C18H23ClN3O2+. The minimum absolute atomic E-state index is 0.334. The van der Waals surface area contributed by atoms with Gasteiger partial charge in [0.15, 0.2) is 0 Å². The Balaban J connectivity index is 1.95. The van der Waals surface area contributed by atoms with Crippen LogP contribution in [-0.2, 0) is 6.54 Å². The molecule has 1 aliphatic heterocycles. The highest BCUT2D eigenvalue weighted by atomic mass is 35.5. The minimum Gasteiger partial charge on any atom is -0.384 e. The van der Waals surface area contributed by atoms with Crippen molar-refractivity contribution < 1.29 is 14.9 Å². The zero-order chi connectivity index (χ0) is 17.2. The molecule has 1 fully saturated rings. The molecule has 1 aromatic heterocycles. The first-order valence-electron chi connectivity index (χ1n) is 8.40. The fourth-order valence-electron chi connectivity index (χ4n) is 4.68. The zero-order valence-electron chi connectivity index (χ0n) is 14.0. The summed E-state index contributed by atoms with van der Waals surface area (Å²) < 4.78 is 3.83. The van der Waals surface area contributed by atoms with Crippen molar-refractivity contribution in [3.05, 3.63) is 47.5 Å². The normalized spacial score (nSPS) is 34.5. The molecule has 24 heavy (non-hydrogen) atoms. The fourth-order valence-corrected chi connectivity index (χ4v) is 4.80. The molecule has 6 heteroatoms. The molecular weight excluding hydrogens is 326 g/mol. The minimum atomic E-state index is -1.26. The van der Waals surface area contributed by atoms with E-state index in [0.717, 1.165) is 18.4 Å². The molecule has 1 aromatic carbocycles. The van der Waals surface area contributed by atoms with E-state index in [-0.39, 0.29) is 0 Å². The summed E-state index contributed by atoms with van der Waals surface area (Å²) in [4.78, 5) is 4.24. The van der Waals surface area contributed by atoms with Gasteiger partial charge in [-0.15, -0.1) is 0 Å². The molecule has 5 nitrogen and oxygen atoms in total. The van der Waals surface area contributed by atoms with Crippen LogP contribution < -0.4 is 4.68 Å². The van der Waals surface area contributed by atoms with Gasteiger partial charge in [0.1, 0.15) is 23.8 Å². The fraction of sp³-hybridized carbons (Fsp3) is 0.556. The molecule has 128 valence electrons. The van der Waals surface area contributed by atoms with Crippen LogP contribution in [0, 0.1) is 5.41 Å². The van der Waals surface area contributed by atoms with Crippen LogP contribution in [0.25, 0.3) is 0 Å². The molecule has 0 bridgehead atoms. The van der Waals surface area contributed by atoms with Gasteiger partial charge < -0.3 is 10.2 Å². The van der Waals surface area contributed by atoms with E-state index in [4.69, 9.17) is 11.6 Å². The van der Waals surface area contributed by atoms with Crippen molar-refractivity contribution in [1.82, 2.24) is 9.67 Å². The van der Waals surface area contributed by atoms with Gasteiger partial charge >= 0.3 is 6.33 Å². The molecule has 2 N–H and O–H groups in total. The van der Waals surface area contributed by atoms with Crippen LogP contribution in [0.15, 0.2) is 36.9 Å². The van der Waals surface area contributed by atoms with Crippen molar-refractivity contribution >= 4 is 11.6 Å². The van der Waals surface area contributed by atoms with Gasteiger partial charge in [0.2, 0.25) is 6.33 Å². The van der Waals surface area contributed by atoms with Gasteiger partial charge in [0.05, 0.1) is 0 Å². The summed E-state index contributed by atoms with van der Waals surface area (Å²) in [5.74, 6) is 0. The number of hydrogen-bond donors (Lipinski definition) is 2. The average Bonchev–Trinajstić information content (AvgIpc) is 2.95. The van der Waals surface area contributed by atoms with Crippen molar-refractivity contribution in [2.45, 2.75) is 56.9 Å². The number of benzene rings is 1. The summed E-state index contributed by atoms with van der Waals surface area (Å²) in [5.41, 5.74) is -1.97. The number of rotatable bonds is 1. The van der Waals surface area contributed by atoms with Gasteiger partial charge in [-0.25, -0.2) is 0 Å². The molecule has 2 heterocycles. The van der Waals surface area contributed by atoms with Crippen LogP contribution in [0.2, 0.25) is 5.02 Å². The molecule has 4 rings (SSSR count). The smallest absolute Gasteiger partial charge is 0.306 e. The Morgan fingerprint density at radius 1 is 1.21 bits per heavy atom. The van der Waals surface area contributed by atoms with E-state index in [2.05, 4.69) is 4.98 Å². The second-order valence-electron chi connectivity index (χ2n) is 7.83. The van der Waals surface area contributed by atoms with E-state index < -0.39 is 22.7 Å². The highest BCUT2D eigenvalue weighted by Crippen LogP contribution is 2.56. The average molecular weight is 349 g/mol. The van der Waals surface area contributed by atoms with E-state index in [0.29, 0.717) is 18.0 Å². The van der Waals surface area contributed by atoms with Gasteiger partial charge in [-0.3, -0.25) is 0 Å². The van der Waals surface area contributed by atoms with Crippen LogP contribution in [0.1, 0.15) is 44.7 Å². The highest BCUT2D eigenvalue weighted by Gasteiger charge is 2.68. The summed E-state index contributed by atoms with van der Waals surface area (Å²) in [5, 5.41) is 24.1. The summed E-state index contributed by atoms with van der Waals surface area (Å²) in [6, 6.07) is 7.08. The maximum Gasteiger partial charge on any atom is 0.306 e. The maximum atomic E-state index is 11.8. The van der Waals surface area contributed by atoms with Crippen molar-refractivity contribution in [3.8, 4) is 0 Å². The van der Waals surface area contributed by atoms with Crippen LogP contribution >= 0.6 is 11.6 Å². The maximum absolute atomic E-state index is 11.8. The van der Waals surface area contributed by atoms with E-state index in [9.17, 15) is 10.2 Å². The molecule has 0 spiro atoms. The predicted octanol–water partition coefficient (Wildman–Crippen LogP) is 2.10. The Bertz CT molecular complexity index is 773. The van der Waals surface area contributed by atoms with E-state index in [1.807, 2.05) is 47.5 Å². The Morgan fingerprint density at radius 3 is 2.62 bits per heavy atom. The first-order valence-corrected chi connectivity index (χ1v) is 8.78. The lowest BCUT2D eigenvalue weighted by Gasteiger charge is -2.59. The molecule has 0 unspecified atom stereocenters. The molecule has 2 aliphatic rings. The SMILES string of the molecule is CC1(C)CCC[C@]2(O)[C@H](c3ccc(Cl)cc3)n3cnc[n+]3C[C@]12O. The van der Waals surface area contributed by atoms with Gasteiger partial charge in [-0.05, 0) is 41.9 Å². The molecule has 0 saturated heterocycles. The molecule has 0 amide bonds. The first kappa shape index (κ1) is 16.1. The van der Waals surface area contributed by atoms with Crippen LogP contribution in [0.3, 0.4) is 0 Å². The lowest BCUT2D eigenvalue weighted by atomic mass is 9.54. The number of aliphatic hydroxyl groups is 2. The Kier molecular flexibility index (Phi) is 3.37. The van der Waals surface area contributed by atoms with Crippen LogP contribution in [0.5, 0.6) is 0 Å². The molecule has 1 aliphatic carbocycles. The first-order chi connectivity index (χ1) is 11.3. The zero-order valence-corrected chi connectivity index (χ0v) is 14.7. The summed E-state index contributed by atoms with van der Waals surface area (Å²) in [6.07, 6.45) is 5.75. The quantitative estimate of drug-likeness (QED) is 0.776. The highest BCUT2D eigenvalue weighted by molar-refractivity contribution is 6.30. The molecule has 0 radical (unpaired) electrons. The largest absolute Gasteiger partial charge is 0.384 e. The van der Waals surface area contributed by atoms with Gasteiger partial charge in [-0.2, -0.15) is 9.36 Å². The summed E-state index contributed by atoms with van der Waals surface area (Å²) in [7, 11) is 0. The van der Waals surface area contributed by atoms with Crippen LogP contribution in [-0.4, -0.2) is 31.1 Å². The topological polar surface area (TPSA) is 62.2 Å². The molecule has 1 saturated carbocycles. The van der Waals surface area contributed by atoms with Gasteiger partial charge in [-0.1, -0.05) is 37.6 Å². The summed E-state index contributed by atoms with van der Waals surface area (Å²) in [6.45, 7) is 4.42. The third kappa shape index (κ3) is 1.95. The summed E-state index contributed by atoms with van der Waals surface area (Å²) >= 11 is 6.04. The third-order valence-corrected chi connectivity index (χ3v) is 6.42. The lowest BCUT2D eigenvalue weighted by Crippen LogP contribution is -2.78. The van der Waals surface area contributed by atoms with Crippen molar-refractivity contribution in [2.75, 3.05) is 0 Å². The Hall–Kier alpha value is -1.43. The van der Waals surface area contributed by atoms with E-state index >= 15 is 0 Å². The van der Waals surface area contributed by atoms with Crippen molar-refractivity contribution in [3.63, 3.8) is 0 Å². The molecule has 2 aromatic rings. The second kappa shape index (κ2) is 5.04. The molecule has 3 atom stereocenters. The van der Waals surface area contributed by atoms with Gasteiger partial charge in [0, 0.05) is 10.4 Å². The number of nitrogens with zero attached hydrogens (tertiary/aromatic N) is 3. The standard InChI is InChI=1S/C18H23ClN3O2/c1-16(2)8-3-9-17(23)15(13-4-6-14(19)7-5-13)22-12-20-11-21(22)10-18(16,17)24/h4-7,11-12,15,23-24H,3,8-10H2,1-2H3/q+1/t15-,17-,18-/m0/s1. The Labute approximate surface area is 146 Å². The van der Waals surface area contributed by atoms with Crippen molar-refractivity contribution in [1.29, 1.82) is 0 Å². The number of hydrogen-bond acceptors (Lipinski definition) is 3. The predicted molar refractivity (Wildman–Crippen MR) is 89.5 cm³/mol. The monoisotopic (exact) mass is 348 g/mol. The van der Waals surface area contributed by atoms with Crippen molar-refractivity contribution in [2.24, 2.45) is 5.41 Å². The van der Waals surface area contributed by atoms with E-state index in [1.165, 1.54) is 0 Å². The second-order valence-corrected chi connectivity index (χ2v) is 8.27. The number of halogens is 1. The van der Waals surface area contributed by atoms with E-state index in [1.54, 1.807) is 12.7 Å². The lowest BCUT2D eigenvalue weighted by molar-refractivity contribution is -0.807. The van der Waals surface area contributed by atoms with Gasteiger partial charge in [0.25, 0.3) is 0 Å². The van der Waals surface area contributed by atoms with Crippen LogP contribution in [0.4, 0.5) is 0 Å².